The number of allylic oxidation sites excluding steroid dienone is 2. The van der Waals surface area contributed by atoms with Gasteiger partial charge in [-0.1, -0.05) is 40.3 Å². The monoisotopic (exact) mass is 212 g/mol. The van der Waals surface area contributed by atoms with Crippen LogP contribution in [0.25, 0.3) is 0 Å². The van der Waals surface area contributed by atoms with Crippen molar-refractivity contribution in [1.29, 1.82) is 0 Å². The van der Waals surface area contributed by atoms with Crippen LogP contribution in [-0.2, 0) is 0 Å². The number of halogens is 1. The summed E-state index contributed by atoms with van der Waals surface area (Å²) < 4.78 is 0. The Morgan fingerprint density at radius 3 is 3.09 bits per heavy atom. The predicted molar refractivity (Wildman–Crippen MR) is 52.7 cm³/mol. The van der Waals surface area contributed by atoms with Crippen molar-refractivity contribution in [3.63, 3.8) is 0 Å². The lowest BCUT2D eigenvalue weighted by Crippen LogP contribution is -1.76. The molecule has 0 nitrogen and oxygen atoms in total. The molecule has 0 bridgehead atoms. The highest BCUT2D eigenvalue weighted by atomic mass is 79.9. The van der Waals surface area contributed by atoms with Gasteiger partial charge in [0.1, 0.15) is 0 Å². The van der Waals surface area contributed by atoms with Crippen LogP contribution in [0.1, 0.15) is 32.1 Å². The fraction of sp³-hybridized carbons (Fsp3) is 0.600. The molecule has 0 aliphatic heterocycles. The van der Waals surface area contributed by atoms with Gasteiger partial charge in [0, 0.05) is 0 Å². The molecule has 0 heterocycles. The molecule has 60 valence electrons. The van der Waals surface area contributed by atoms with Gasteiger partial charge in [-0.2, -0.15) is 0 Å². The summed E-state index contributed by atoms with van der Waals surface area (Å²) in [5, 5.41) is 0.796. The minimum Gasteiger partial charge on any atom is -0.0867 e. The van der Waals surface area contributed by atoms with E-state index in [1.807, 2.05) is 0 Å². The number of alkyl halides is 1. The van der Waals surface area contributed by atoms with Gasteiger partial charge in [-0.25, -0.2) is 0 Å². The van der Waals surface area contributed by atoms with Crippen LogP contribution in [0.15, 0.2) is 11.6 Å². The molecule has 0 N–H and O–H groups in total. The maximum Gasteiger partial charge on any atom is 0.0649 e. The van der Waals surface area contributed by atoms with Gasteiger partial charge in [-0.3, -0.25) is 0 Å². The maximum atomic E-state index is 3.29. The van der Waals surface area contributed by atoms with Crippen LogP contribution >= 0.6 is 15.9 Å². The van der Waals surface area contributed by atoms with Gasteiger partial charge in [0.15, 0.2) is 0 Å². The zero-order valence-electron chi connectivity index (χ0n) is 6.70. The van der Waals surface area contributed by atoms with Crippen molar-refractivity contribution in [2.24, 2.45) is 0 Å². The van der Waals surface area contributed by atoms with Crippen LogP contribution in [0.5, 0.6) is 0 Å². The van der Waals surface area contributed by atoms with Crippen LogP contribution in [-0.4, -0.2) is 5.33 Å². The predicted octanol–water partition coefficient (Wildman–Crippen LogP) is 3.28. The van der Waals surface area contributed by atoms with Crippen LogP contribution in [0.2, 0.25) is 0 Å². The smallest absolute Gasteiger partial charge is 0.0649 e. The quantitative estimate of drug-likeness (QED) is 0.428. The first-order valence-electron chi connectivity index (χ1n) is 4.17. The summed E-state index contributed by atoms with van der Waals surface area (Å²) in [6.45, 7) is 0. The molecule has 0 aromatic heterocycles. The second kappa shape index (κ2) is 5.43. The Kier molecular flexibility index (Phi) is 4.38. The summed E-state index contributed by atoms with van der Waals surface area (Å²) in [7, 11) is 0. The molecule has 0 atom stereocenters. The molecule has 1 aliphatic carbocycles. The highest BCUT2D eigenvalue weighted by Gasteiger charge is 1.98. The van der Waals surface area contributed by atoms with Crippen LogP contribution < -0.4 is 0 Å². The highest BCUT2D eigenvalue weighted by molar-refractivity contribution is 9.09. The van der Waals surface area contributed by atoms with E-state index in [-0.39, 0.29) is 0 Å². The lowest BCUT2D eigenvalue weighted by atomic mass is 10.1. The Labute approximate surface area is 77.2 Å². The molecule has 0 spiro atoms. The summed E-state index contributed by atoms with van der Waals surface area (Å²) in [5.74, 6) is 6.22. The molecule has 0 aromatic carbocycles. The topological polar surface area (TPSA) is 0 Å². The minimum absolute atomic E-state index is 0.796. The van der Waals surface area contributed by atoms with Crippen molar-refractivity contribution < 1.29 is 0 Å². The fourth-order valence-electron chi connectivity index (χ4n) is 1.28. The number of hydrogen-bond acceptors (Lipinski definition) is 0. The van der Waals surface area contributed by atoms with Gasteiger partial charge in [0.05, 0.1) is 5.33 Å². The SMILES string of the molecule is BrCC#CC1=CCCCCC1. The zero-order valence-corrected chi connectivity index (χ0v) is 8.28. The summed E-state index contributed by atoms with van der Waals surface area (Å²) in [5.41, 5.74) is 1.35. The third-order valence-electron chi connectivity index (χ3n) is 1.86. The van der Waals surface area contributed by atoms with Crippen molar-refractivity contribution in [3.05, 3.63) is 11.6 Å². The molecular formula is C10H13Br. The summed E-state index contributed by atoms with van der Waals surface area (Å²) in [6, 6.07) is 0. The van der Waals surface area contributed by atoms with E-state index in [4.69, 9.17) is 0 Å². The van der Waals surface area contributed by atoms with Crippen molar-refractivity contribution in [2.45, 2.75) is 32.1 Å². The highest BCUT2D eigenvalue weighted by Crippen LogP contribution is 2.15. The van der Waals surface area contributed by atoms with E-state index in [9.17, 15) is 0 Å². The minimum atomic E-state index is 0.796. The molecule has 0 radical (unpaired) electrons. The van der Waals surface area contributed by atoms with Gasteiger partial charge in [0.2, 0.25) is 0 Å². The van der Waals surface area contributed by atoms with Gasteiger partial charge >= 0.3 is 0 Å². The Morgan fingerprint density at radius 1 is 1.36 bits per heavy atom. The Bertz CT molecular complexity index is 193. The molecule has 1 heteroatoms. The van der Waals surface area contributed by atoms with Gasteiger partial charge in [0.25, 0.3) is 0 Å². The van der Waals surface area contributed by atoms with E-state index in [1.54, 1.807) is 0 Å². The van der Waals surface area contributed by atoms with Crippen LogP contribution in [0.3, 0.4) is 0 Å². The first-order valence-corrected chi connectivity index (χ1v) is 5.29. The third kappa shape index (κ3) is 3.62. The number of hydrogen-bond donors (Lipinski definition) is 0. The van der Waals surface area contributed by atoms with Gasteiger partial charge in [-0.05, 0) is 31.3 Å². The third-order valence-corrected chi connectivity index (χ3v) is 2.14. The van der Waals surface area contributed by atoms with Crippen molar-refractivity contribution in [1.82, 2.24) is 0 Å². The summed E-state index contributed by atoms with van der Waals surface area (Å²) in [6.07, 6.45) is 8.76. The van der Waals surface area contributed by atoms with Gasteiger partial charge in [-0.15, -0.1) is 0 Å². The Hall–Kier alpha value is -0.220. The van der Waals surface area contributed by atoms with Crippen molar-refractivity contribution >= 4 is 15.9 Å². The van der Waals surface area contributed by atoms with E-state index in [1.165, 1.54) is 37.7 Å². The molecule has 0 unspecified atom stereocenters. The second-order valence-electron chi connectivity index (χ2n) is 2.76. The molecule has 0 amide bonds. The van der Waals surface area contributed by atoms with Crippen LogP contribution in [0, 0.1) is 11.8 Å². The summed E-state index contributed by atoms with van der Waals surface area (Å²) in [4.78, 5) is 0. The van der Waals surface area contributed by atoms with Gasteiger partial charge < -0.3 is 0 Å². The average Bonchev–Trinajstić information content (AvgIpc) is 2.28. The molecule has 0 aromatic rings. The van der Waals surface area contributed by atoms with Crippen LogP contribution in [0.4, 0.5) is 0 Å². The normalized spacial score (nSPS) is 17.7. The zero-order chi connectivity index (χ0) is 7.94. The molecular weight excluding hydrogens is 200 g/mol. The molecule has 1 aliphatic rings. The molecule has 11 heavy (non-hydrogen) atoms. The van der Waals surface area contributed by atoms with E-state index in [0.717, 1.165) is 5.33 Å². The van der Waals surface area contributed by atoms with E-state index >= 15 is 0 Å². The maximum absolute atomic E-state index is 3.29. The second-order valence-corrected chi connectivity index (χ2v) is 3.32. The van der Waals surface area contributed by atoms with Crippen molar-refractivity contribution in [3.8, 4) is 11.8 Å². The Morgan fingerprint density at radius 2 is 2.27 bits per heavy atom. The fourth-order valence-corrected chi connectivity index (χ4v) is 1.42. The number of rotatable bonds is 0. The molecule has 0 saturated carbocycles. The van der Waals surface area contributed by atoms with E-state index in [0.29, 0.717) is 0 Å². The molecule has 0 fully saturated rings. The van der Waals surface area contributed by atoms with E-state index < -0.39 is 0 Å². The average molecular weight is 213 g/mol. The standard InChI is InChI=1S/C10H13Br/c11-9-5-8-10-6-3-1-2-4-7-10/h6H,1-4,7,9H2. The first kappa shape index (κ1) is 8.87. The molecule has 0 saturated heterocycles. The van der Waals surface area contributed by atoms with E-state index in [2.05, 4.69) is 33.8 Å². The first-order chi connectivity index (χ1) is 5.43. The Balaban J connectivity index is 2.47. The van der Waals surface area contributed by atoms with Crippen molar-refractivity contribution in [2.75, 3.05) is 5.33 Å². The lowest BCUT2D eigenvalue weighted by Gasteiger charge is -1.92. The summed E-state index contributed by atoms with van der Waals surface area (Å²) >= 11 is 3.29. The molecule has 1 rings (SSSR count). The lowest BCUT2D eigenvalue weighted by molar-refractivity contribution is 0.714. The largest absolute Gasteiger partial charge is 0.0867 e.